The molecule has 5 nitrogen and oxygen atoms in total. The third-order valence-corrected chi connectivity index (χ3v) is 4.53. The molecule has 0 aliphatic carbocycles. The van der Waals surface area contributed by atoms with E-state index in [1.165, 1.54) is 12.5 Å². The van der Waals surface area contributed by atoms with Gasteiger partial charge < -0.3 is 15.0 Å². The molecule has 136 valence electrons. The smallest absolute Gasteiger partial charge is 0.254 e. The van der Waals surface area contributed by atoms with E-state index in [1.807, 2.05) is 56.3 Å². The molecule has 0 saturated heterocycles. The Morgan fingerprint density at radius 2 is 1.88 bits per heavy atom. The van der Waals surface area contributed by atoms with Gasteiger partial charge in [-0.05, 0) is 38.0 Å². The van der Waals surface area contributed by atoms with Gasteiger partial charge in [0.25, 0.3) is 5.91 Å². The van der Waals surface area contributed by atoms with Gasteiger partial charge in [0, 0.05) is 19.0 Å². The molecule has 0 fully saturated rings. The topological polar surface area (TPSA) is 58.6 Å². The summed E-state index contributed by atoms with van der Waals surface area (Å²) in [5, 5.41) is 2.77. The number of ether oxygens (including phenoxy) is 1. The Hall–Kier alpha value is -2.82. The average Bonchev–Trinajstić information content (AvgIpc) is 2.86. The van der Waals surface area contributed by atoms with Crippen LogP contribution in [-0.2, 0) is 9.59 Å². The molecule has 1 aliphatic heterocycles. The van der Waals surface area contributed by atoms with Crippen LogP contribution in [0.1, 0.15) is 36.1 Å². The second-order valence-electron chi connectivity index (χ2n) is 6.65. The molecule has 1 unspecified atom stereocenters. The Bertz CT molecular complexity index is 815. The van der Waals surface area contributed by atoms with Crippen molar-refractivity contribution in [2.24, 2.45) is 0 Å². The lowest BCUT2D eigenvalue weighted by Gasteiger charge is -2.19. The normalized spacial score (nSPS) is 15.7. The first-order valence-corrected chi connectivity index (χ1v) is 8.85. The molecule has 1 N–H and O–H groups in total. The summed E-state index contributed by atoms with van der Waals surface area (Å²) in [5.74, 6) is 0.538. The molecule has 1 heterocycles. The number of amides is 2. The summed E-state index contributed by atoms with van der Waals surface area (Å²) in [6, 6.07) is 13.1. The van der Waals surface area contributed by atoms with Gasteiger partial charge in [0.15, 0.2) is 0 Å². The molecule has 0 spiro atoms. The van der Waals surface area contributed by atoms with Crippen molar-refractivity contribution in [3.8, 4) is 5.75 Å². The summed E-state index contributed by atoms with van der Waals surface area (Å²) in [7, 11) is 0. The van der Waals surface area contributed by atoms with Crippen LogP contribution in [0.15, 0.2) is 42.5 Å². The highest BCUT2D eigenvalue weighted by Gasteiger charge is 2.38. The molecular formula is C21H24N2O3. The number of carbonyl (C=O) groups excluding carboxylic acids is 2. The summed E-state index contributed by atoms with van der Waals surface area (Å²) in [5.41, 5.74) is 4.00. The van der Waals surface area contributed by atoms with E-state index in [-0.39, 0.29) is 11.8 Å². The number of hydrogen-bond donors (Lipinski definition) is 1. The minimum atomic E-state index is -0.597. The number of benzene rings is 2. The third kappa shape index (κ3) is 3.72. The van der Waals surface area contributed by atoms with Gasteiger partial charge in [-0.15, -0.1) is 0 Å². The quantitative estimate of drug-likeness (QED) is 0.812. The largest absolute Gasteiger partial charge is 0.494 e. The molecule has 3 rings (SSSR count). The van der Waals surface area contributed by atoms with Gasteiger partial charge in [-0.25, -0.2) is 0 Å². The minimum Gasteiger partial charge on any atom is -0.494 e. The van der Waals surface area contributed by atoms with Crippen LogP contribution in [0.2, 0.25) is 0 Å². The van der Waals surface area contributed by atoms with Crippen molar-refractivity contribution >= 4 is 17.5 Å². The van der Waals surface area contributed by atoms with Crippen molar-refractivity contribution in [3.63, 3.8) is 0 Å². The maximum absolute atomic E-state index is 12.8. The monoisotopic (exact) mass is 352 g/mol. The number of rotatable bonds is 6. The fourth-order valence-corrected chi connectivity index (χ4v) is 3.29. The van der Waals surface area contributed by atoms with E-state index in [1.54, 1.807) is 4.90 Å². The molecular weight excluding hydrogens is 328 g/mol. The van der Waals surface area contributed by atoms with Crippen LogP contribution in [-0.4, -0.2) is 25.0 Å². The van der Waals surface area contributed by atoms with Crippen molar-refractivity contribution in [3.05, 3.63) is 59.2 Å². The maximum Gasteiger partial charge on any atom is 0.254 e. The summed E-state index contributed by atoms with van der Waals surface area (Å²) in [4.78, 5) is 26.1. The zero-order valence-electron chi connectivity index (χ0n) is 15.4. The summed E-state index contributed by atoms with van der Waals surface area (Å²) >= 11 is 0. The molecule has 2 aromatic rings. The Labute approximate surface area is 154 Å². The van der Waals surface area contributed by atoms with Crippen molar-refractivity contribution in [2.45, 2.75) is 33.2 Å². The van der Waals surface area contributed by atoms with E-state index < -0.39 is 6.04 Å². The first-order valence-electron chi connectivity index (χ1n) is 8.85. The van der Waals surface area contributed by atoms with Crippen LogP contribution in [0.25, 0.3) is 0 Å². The van der Waals surface area contributed by atoms with Crippen LogP contribution in [0.4, 0.5) is 5.69 Å². The van der Waals surface area contributed by atoms with Crippen LogP contribution in [0.3, 0.4) is 0 Å². The van der Waals surface area contributed by atoms with Crippen molar-refractivity contribution in [1.82, 2.24) is 5.32 Å². The van der Waals surface area contributed by atoms with Gasteiger partial charge in [-0.1, -0.05) is 35.9 Å². The van der Waals surface area contributed by atoms with Gasteiger partial charge >= 0.3 is 0 Å². The van der Waals surface area contributed by atoms with Crippen LogP contribution < -0.4 is 15.0 Å². The second-order valence-corrected chi connectivity index (χ2v) is 6.65. The number of para-hydroxylation sites is 1. The Kier molecular flexibility index (Phi) is 5.26. The predicted molar refractivity (Wildman–Crippen MR) is 101 cm³/mol. The molecule has 0 aromatic heterocycles. The molecule has 2 amide bonds. The maximum atomic E-state index is 12.8. The van der Waals surface area contributed by atoms with Gasteiger partial charge in [-0.3, -0.25) is 9.59 Å². The highest BCUT2D eigenvalue weighted by atomic mass is 16.5. The molecule has 0 bridgehead atoms. The first kappa shape index (κ1) is 18.0. The van der Waals surface area contributed by atoms with Crippen molar-refractivity contribution < 1.29 is 14.3 Å². The van der Waals surface area contributed by atoms with E-state index >= 15 is 0 Å². The molecule has 2 aromatic carbocycles. The number of hydrogen-bond acceptors (Lipinski definition) is 3. The van der Waals surface area contributed by atoms with Crippen LogP contribution in [0.5, 0.6) is 5.75 Å². The number of fused-ring (bicyclic) bond motifs is 1. The summed E-state index contributed by atoms with van der Waals surface area (Å²) < 4.78 is 5.76. The summed E-state index contributed by atoms with van der Waals surface area (Å²) in [6.07, 6.45) is 0.709. The fourth-order valence-electron chi connectivity index (χ4n) is 3.29. The van der Waals surface area contributed by atoms with Crippen molar-refractivity contribution in [2.75, 3.05) is 18.1 Å². The predicted octanol–water partition coefficient (Wildman–Crippen LogP) is 3.30. The van der Waals surface area contributed by atoms with E-state index in [0.29, 0.717) is 19.6 Å². The fraction of sp³-hybridized carbons (Fsp3) is 0.333. The lowest BCUT2D eigenvalue weighted by Crippen LogP contribution is -2.37. The summed E-state index contributed by atoms with van der Waals surface area (Å²) in [6.45, 7) is 6.53. The molecule has 1 aliphatic rings. The van der Waals surface area contributed by atoms with Gasteiger partial charge in [-0.2, -0.15) is 0 Å². The standard InChI is InChI=1S/C21H24N2O3/c1-14-8-10-17(11-9-14)26-13-5-12-23-20-15(2)6-4-7-18(20)19(21(23)25)22-16(3)24/h4,6-11,19H,5,12-13H2,1-3H3,(H,22,24). The SMILES string of the molecule is CC(=O)NC1C(=O)N(CCCOc2ccc(C)cc2)c2c(C)cccc21. The Morgan fingerprint density at radius 3 is 2.58 bits per heavy atom. The number of carbonyl (C=O) groups is 2. The lowest BCUT2D eigenvalue weighted by molar-refractivity contribution is -0.126. The van der Waals surface area contributed by atoms with Gasteiger partial charge in [0.2, 0.25) is 5.91 Å². The Balaban J connectivity index is 1.66. The zero-order chi connectivity index (χ0) is 18.7. The number of nitrogens with zero attached hydrogens (tertiary/aromatic N) is 1. The first-order chi connectivity index (χ1) is 12.5. The minimum absolute atomic E-state index is 0.0835. The molecule has 26 heavy (non-hydrogen) atoms. The number of nitrogens with one attached hydrogen (secondary N) is 1. The third-order valence-electron chi connectivity index (χ3n) is 4.53. The Morgan fingerprint density at radius 1 is 1.15 bits per heavy atom. The molecule has 5 heteroatoms. The second kappa shape index (κ2) is 7.60. The molecule has 0 radical (unpaired) electrons. The average molecular weight is 352 g/mol. The molecule has 0 saturated carbocycles. The van der Waals surface area contributed by atoms with Gasteiger partial charge in [0.1, 0.15) is 11.8 Å². The number of anilines is 1. The van der Waals surface area contributed by atoms with E-state index in [9.17, 15) is 9.59 Å². The number of aryl methyl sites for hydroxylation is 2. The lowest BCUT2D eigenvalue weighted by atomic mass is 10.1. The van der Waals surface area contributed by atoms with Crippen LogP contribution >= 0.6 is 0 Å². The van der Waals surface area contributed by atoms with Crippen LogP contribution in [0, 0.1) is 13.8 Å². The highest BCUT2D eigenvalue weighted by molar-refractivity contribution is 6.06. The highest BCUT2D eigenvalue weighted by Crippen LogP contribution is 2.38. The van der Waals surface area contributed by atoms with Gasteiger partial charge in [0.05, 0.1) is 12.3 Å². The van der Waals surface area contributed by atoms with E-state index in [0.717, 1.165) is 22.6 Å². The van der Waals surface area contributed by atoms with E-state index in [4.69, 9.17) is 4.74 Å². The zero-order valence-corrected chi connectivity index (χ0v) is 15.4. The van der Waals surface area contributed by atoms with E-state index in [2.05, 4.69) is 5.32 Å². The van der Waals surface area contributed by atoms with Crippen molar-refractivity contribution in [1.29, 1.82) is 0 Å². The molecule has 1 atom stereocenters.